The van der Waals surface area contributed by atoms with Crippen LogP contribution in [0.1, 0.15) is 93.3 Å². The molecule has 430 valence electrons. The molecule has 0 bridgehead atoms. The van der Waals surface area contributed by atoms with Gasteiger partial charge in [-0.05, 0) is 127 Å². The summed E-state index contributed by atoms with van der Waals surface area (Å²) in [6, 6.07) is 33.6. The first-order valence-corrected chi connectivity index (χ1v) is 26.2. The fraction of sp³-hybridized carbons (Fsp3) is 0.190. The molecule has 2 saturated carbocycles. The summed E-state index contributed by atoms with van der Waals surface area (Å²) in [5.41, 5.74) is -0.0452. The number of nitrogens with one attached hydrogen (secondary N) is 5. The highest BCUT2D eigenvalue weighted by Crippen LogP contribution is 2.45. The minimum atomic E-state index is -0.833. The Morgan fingerprint density at radius 1 is 0.277 bits per heavy atom. The highest BCUT2D eigenvalue weighted by molar-refractivity contribution is 6.16. The zero-order valence-electron chi connectivity index (χ0n) is 45.8. The molecule has 0 atom stereocenters. The lowest BCUT2D eigenvalue weighted by atomic mass is 10.1. The van der Waals surface area contributed by atoms with Crippen molar-refractivity contribution in [2.45, 2.75) is 41.5 Å². The number of hydrogen-bond acceptors (Lipinski definition) is 15. The van der Waals surface area contributed by atoms with Crippen molar-refractivity contribution in [3.63, 3.8) is 0 Å². The second-order valence-electron chi connectivity index (χ2n) is 20.3. The Hall–Kier alpha value is -10.6. The minimum Gasteiger partial charge on any atom is -0.504 e. The molecule has 0 heterocycles. The Morgan fingerprint density at radius 2 is 0.470 bits per heavy atom. The van der Waals surface area contributed by atoms with Gasteiger partial charge in [-0.2, -0.15) is 0 Å². The quantitative estimate of drug-likeness (QED) is 0.0566. The molecule has 10 rings (SSSR count). The van der Waals surface area contributed by atoms with Crippen LogP contribution in [0.25, 0.3) is 10.8 Å². The van der Waals surface area contributed by atoms with E-state index in [2.05, 4.69) is 68.1 Å². The Morgan fingerprint density at radius 3 is 0.675 bits per heavy atom. The van der Waals surface area contributed by atoms with Crippen molar-refractivity contribution in [3.05, 3.63) is 173 Å². The smallest absolute Gasteiger partial charge is 0.259 e. The van der Waals surface area contributed by atoms with Crippen LogP contribution >= 0.6 is 0 Å². The van der Waals surface area contributed by atoms with Crippen molar-refractivity contribution in [2.75, 3.05) is 26.6 Å². The van der Waals surface area contributed by atoms with Crippen molar-refractivity contribution >= 4 is 68.7 Å². The highest BCUT2D eigenvalue weighted by atomic mass is 16.3. The lowest BCUT2D eigenvalue weighted by Gasteiger charge is -2.14. The van der Waals surface area contributed by atoms with Crippen molar-refractivity contribution in [1.29, 1.82) is 0 Å². The molecule has 20 heteroatoms. The molecule has 83 heavy (non-hydrogen) atoms. The summed E-state index contributed by atoms with van der Waals surface area (Å²) < 4.78 is 0. The van der Waals surface area contributed by atoms with E-state index < -0.39 is 87.0 Å². The standard InChI is InChI=1S/C27H21N3O9.C24H18N2O6.2C6H12/c31-19-7-1-4-16(22(19)34)25(37)28-13-10-14(29-26(38)17-5-2-8-20(32)23(17)35)12-15(11-13)30-27(39)18-6-3-9-21(33)24(18)36;27-19-11-3-7-15(21(19)29)23(31)25-17-9-1-5-13-14(17)6-2-10-18(13)26-24(32)16-8-4-12-20(28)22(16)30;2*1-4-5(2)6(4)3/h1-12,31-36H,(H,28,37)(H,29,38)(H,30,39);1-12,27-30H,(H,25,31)(H,26,32);2*4-6H,1-3H3. The molecule has 0 radical (unpaired) electrons. The van der Waals surface area contributed by atoms with E-state index >= 15 is 0 Å². The normalized spacial score (nSPS) is 17.0. The number of carbonyl (C=O) groups excluding carboxylic acids is 5. The molecule has 2 aliphatic carbocycles. The first kappa shape index (κ1) is 60.0. The molecular formula is C63H63N5O15. The van der Waals surface area contributed by atoms with E-state index in [1.165, 1.54) is 109 Å². The first-order chi connectivity index (χ1) is 39.4. The molecule has 20 nitrogen and oxygen atoms in total. The van der Waals surface area contributed by atoms with E-state index in [-0.39, 0.29) is 44.9 Å². The van der Waals surface area contributed by atoms with Crippen LogP contribution in [0.3, 0.4) is 0 Å². The number of fused-ring (bicyclic) bond motifs is 1. The van der Waals surface area contributed by atoms with Crippen LogP contribution in [-0.2, 0) is 0 Å². The molecule has 0 aromatic heterocycles. The number of amides is 5. The Kier molecular flexibility index (Phi) is 18.6. The third-order valence-corrected chi connectivity index (χ3v) is 15.1. The van der Waals surface area contributed by atoms with Crippen molar-refractivity contribution in [2.24, 2.45) is 35.5 Å². The molecule has 8 aromatic rings. The van der Waals surface area contributed by atoms with Gasteiger partial charge in [-0.1, -0.05) is 96.1 Å². The van der Waals surface area contributed by atoms with E-state index in [0.717, 1.165) is 35.5 Å². The van der Waals surface area contributed by atoms with Crippen LogP contribution < -0.4 is 26.6 Å². The fourth-order valence-corrected chi connectivity index (χ4v) is 8.74. The number of anilines is 5. The number of aromatic hydroxyl groups is 10. The number of hydrogen-bond donors (Lipinski definition) is 15. The molecule has 0 unspecified atom stereocenters. The molecule has 2 aliphatic rings. The van der Waals surface area contributed by atoms with Gasteiger partial charge in [0.05, 0.1) is 27.8 Å². The fourth-order valence-electron chi connectivity index (χ4n) is 8.74. The maximum atomic E-state index is 12.8. The number of rotatable bonds is 10. The van der Waals surface area contributed by atoms with Gasteiger partial charge in [0, 0.05) is 39.2 Å². The summed E-state index contributed by atoms with van der Waals surface area (Å²) in [6.07, 6.45) is 0. The van der Waals surface area contributed by atoms with Crippen LogP contribution in [0, 0.1) is 35.5 Å². The van der Waals surface area contributed by atoms with Gasteiger partial charge in [0.15, 0.2) is 57.5 Å². The van der Waals surface area contributed by atoms with Crippen molar-refractivity contribution < 1.29 is 75.0 Å². The largest absolute Gasteiger partial charge is 0.504 e. The Bertz CT molecular complexity index is 3410. The maximum absolute atomic E-state index is 12.8. The van der Waals surface area contributed by atoms with Gasteiger partial charge >= 0.3 is 0 Å². The van der Waals surface area contributed by atoms with Crippen LogP contribution in [0.5, 0.6) is 57.5 Å². The van der Waals surface area contributed by atoms with E-state index in [4.69, 9.17) is 0 Å². The van der Waals surface area contributed by atoms with E-state index in [1.54, 1.807) is 36.4 Å². The second kappa shape index (κ2) is 25.7. The lowest BCUT2D eigenvalue weighted by Crippen LogP contribution is -2.16. The zero-order chi connectivity index (χ0) is 60.6. The molecular weight excluding hydrogens is 1070 g/mol. The summed E-state index contributed by atoms with van der Waals surface area (Å²) >= 11 is 0. The number of benzene rings is 8. The molecule has 2 fully saturated rings. The average Bonchev–Trinajstić information content (AvgIpc) is 4.42. The molecule has 0 saturated heterocycles. The lowest BCUT2D eigenvalue weighted by molar-refractivity contribution is 0.101. The summed E-state index contributed by atoms with van der Waals surface area (Å²) in [5, 5.41) is 112. The van der Waals surface area contributed by atoms with Crippen molar-refractivity contribution in [3.8, 4) is 57.5 Å². The van der Waals surface area contributed by atoms with Crippen LogP contribution in [0.4, 0.5) is 28.4 Å². The van der Waals surface area contributed by atoms with Gasteiger partial charge < -0.3 is 77.6 Å². The minimum absolute atomic E-state index is 0.0242. The van der Waals surface area contributed by atoms with Crippen LogP contribution in [0.2, 0.25) is 0 Å². The first-order valence-electron chi connectivity index (χ1n) is 26.2. The molecule has 0 spiro atoms. The summed E-state index contributed by atoms with van der Waals surface area (Å²) in [6.45, 7) is 13.9. The Labute approximate surface area is 476 Å². The van der Waals surface area contributed by atoms with E-state index in [0.29, 0.717) is 22.1 Å². The predicted molar refractivity (Wildman–Crippen MR) is 314 cm³/mol. The number of phenols is 10. The maximum Gasteiger partial charge on any atom is 0.259 e. The third-order valence-electron chi connectivity index (χ3n) is 15.1. The molecule has 8 aromatic carbocycles. The van der Waals surface area contributed by atoms with Gasteiger partial charge in [0.1, 0.15) is 0 Å². The van der Waals surface area contributed by atoms with Gasteiger partial charge in [-0.25, -0.2) is 0 Å². The molecule has 0 aliphatic heterocycles. The SMILES string of the molecule is CC1C(C)C1C.CC1C(C)C1C.O=C(Nc1cc(NC(=O)c2cccc(O)c2O)cc(NC(=O)c2cccc(O)c2O)c1)c1cccc(O)c1O.O=C(Nc1cccc2c(NC(=O)c3cccc(O)c3O)cccc12)c1cccc(O)c1O. The van der Waals surface area contributed by atoms with Gasteiger partial charge in [0.2, 0.25) is 0 Å². The van der Waals surface area contributed by atoms with Crippen LogP contribution in [0.15, 0.2) is 146 Å². The predicted octanol–water partition coefficient (Wildman–Crippen LogP) is 11.7. The van der Waals surface area contributed by atoms with E-state index in [1.807, 2.05) is 0 Å². The molecule has 15 N–H and O–H groups in total. The summed E-state index contributed by atoms with van der Waals surface area (Å²) in [7, 11) is 0. The topological polar surface area (TPSA) is 348 Å². The second-order valence-corrected chi connectivity index (χ2v) is 20.3. The van der Waals surface area contributed by atoms with Gasteiger partial charge in [-0.15, -0.1) is 0 Å². The van der Waals surface area contributed by atoms with Crippen LogP contribution in [-0.4, -0.2) is 80.6 Å². The summed E-state index contributed by atoms with van der Waals surface area (Å²) in [4.78, 5) is 63.6. The zero-order valence-corrected chi connectivity index (χ0v) is 45.8. The van der Waals surface area contributed by atoms with E-state index in [9.17, 15) is 75.0 Å². The number of carbonyl (C=O) groups is 5. The number of phenolic OH excluding ortho intramolecular Hbond substituents is 10. The highest BCUT2D eigenvalue weighted by Gasteiger charge is 2.38. The van der Waals surface area contributed by atoms with Crippen molar-refractivity contribution in [1.82, 2.24) is 0 Å². The monoisotopic (exact) mass is 1130 g/mol. The van der Waals surface area contributed by atoms with Gasteiger partial charge in [-0.3, -0.25) is 24.0 Å². The summed E-state index contributed by atoms with van der Waals surface area (Å²) in [5.74, 6) is -3.03. The number of para-hydroxylation sites is 5. The third kappa shape index (κ3) is 14.2. The Balaban J connectivity index is 0.000000200. The van der Waals surface area contributed by atoms with Gasteiger partial charge in [0.25, 0.3) is 29.5 Å². The average molecular weight is 1130 g/mol. The molecule has 5 amide bonds.